The standard InChI is InChI=1S/C32H34ClN7O3/c1-7-23(41)39-12-13-40-20(15-39)16-43-30-25(32(40)42)31(38(6)29-19(5)10-11-34-27(29)17(2)3)36-28(26(30)33)24-18(4)8-9-22-21(24)14-35-37-22/h7-11,14,17,20H,1,12-13,15-16H2,2-6H3,(H,35,37)/t20-/m1/s1. The monoisotopic (exact) mass is 599 g/mol. The minimum atomic E-state index is -0.361. The van der Waals surface area contributed by atoms with Crippen molar-refractivity contribution in [3.63, 3.8) is 0 Å². The van der Waals surface area contributed by atoms with Gasteiger partial charge in [-0.1, -0.05) is 38.1 Å². The third-order valence-corrected chi connectivity index (χ3v) is 8.71. The number of anilines is 2. The molecule has 43 heavy (non-hydrogen) atoms. The molecule has 0 bridgehead atoms. The number of nitrogens with zero attached hydrogens (tertiary/aromatic N) is 6. The van der Waals surface area contributed by atoms with Crippen molar-refractivity contribution in [1.82, 2.24) is 30.0 Å². The van der Waals surface area contributed by atoms with E-state index in [1.807, 2.05) is 44.0 Å². The molecule has 1 N–H and O–H groups in total. The van der Waals surface area contributed by atoms with Gasteiger partial charge in [0.25, 0.3) is 5.91 Å². The fourth-order valence-electron chi connectivity index (χ4n) is 6.16. The van der Waals surface area contributed by atoms with Crippen LogP contribution in [0.25, 0.3) is 22.2 Å². The Labute approximate surface area is 255 Å². The number of pyridine rings is 2. The number of nitrogens with one attached hydrogen (secondary N) is 1. The van der Waals surface area contributed by atoms with E-state index >= 15 is 0 Å². The Balaban J connectivity index is 1.60. The third kappa shape index (κ3) is 4.70. The summed E-state index contributed by atoms with van der Waals surface area (Å²) in [4.78, 5) is 42.2. The highest BCUT2D eigenvalue weighted by Crippen LogP contribution is 2.47. The fourth-order valence-corrected chi connectivity index (χ4v) is 6.45. The van der Waals surface area contributed by atoms with Crippen molar-refractivity contribution in [3.8, 4) is 17.0 Å². The maximum absolute atomic E-state index is 14.5. The van der Waals surface area contributed by atoms with Crippen molar-refractivity contribution in [2.45, 2.75) is 39.7 Å². The number of carbonyl (C=O) groups is 2. The number of ether oxygens (including phenoxy) is 1. The fraction of sp³-hybridized carbons (Fsp3) is 0.344. The van der Waals surface area contributed by atoms with Crippen LogP contribution in [0.4, 0.5) is 11.5 Å². The molecule has 2 aliphatic rings. The molecule has 3 aromatic heterocycles. The molecule has 11 heteroatoms. The second kappa shape index (κ2) is 11.0. The zero-order valence-corrected chi connectivity index (χ0v) is 25.7. The van der Waals surface area contributed by atoms with Crippen molar-refractivity contribution in [2.75, 3.05) is 38.2 Å². The van der Waals surface area contributed by atoms with Gasteiger partial charge in [0.15, 0.2) is 5.75 Å². The second-order valence-corrected chi connectivity index (χ2v) is 11.8. The summed E-state index contributed by atoms with van der Waals surface area (Å²) >= 11 is 7.18. The first-order valence-electron chi connectivity index (χ1n) is 14.3. The first-order valence-corrected chi connectivity index (χ1v) is 14.7. The van der Waals surface area contributed by atoms with Crippen molar-refractivity contribution < 1.29 is 14.3 Å². The lowest BCUT2D eigenvalue weighted by Gasteiger charge is -2.39. The number of halogens is 1. The summed E-state index contributed by atoms with van der Waals surface area (Å²) in [6.07, 6.45) is 4.85. The number of aromatic nitrogens is 4. The zero-order chi connectivity index (χ0) is 30.6. The van der Waals surface area contributed by atoms with Crippen molar-refractivity contribution in [1.29, 1.82) is 0 Å². The van der Waals surface area contributed by atoms with Gasteiger partial charge in [0, 0.05) is 43.8 Å². The van der Waals surface area contributed by atoms with Gasteiger partial charge < -0.3 is 19.4 Å². The van der Waals surface area contributed by atoms with E-state index in [2.05, 4.69) is 30.6 Å². The summed E-state index contributed by atoms with van der Waals surface area (Å²) in [5.74, 6) is 0.408. The van der Waals surface area contributed by atoms with Gasteiger partial charge in [0.05, 0.1) is 34.8 Å². The van der Waals surface area contributed by atoms with Gasteiger partial charge in [0.2, 0.25) is 5.91 Å². The number of H-pyrrole nitrogens is 1. The van der Waals surface area contributed by atoms with Crippen molar-refractivity contribution in [2.24, 2.45) is 0 Å². The number of piperazine rings is 1. The predicted octanol–water partition coefficient (Wildman–Crippen LogP) is 5.41. The number of hydrogen-bond donors (Lipinski definition) is 1. The van der Waals surface area contributed by atoms with Crippen LogP contribution in [0.15, 0.2) is 43.2 Å². The normalized spacial score (nSPS) is 16.5. The van der Waals surface area contributed by atoms with Crippen LogP contribution in [0.5, 0.6) is 5.75 Å². The molecule has 10 nitrogen and oxygen atoms in total. The third-order valence-electron chi connectivity index (χ3n) is 8.36. The number of aryl methyl sites for hydroxylation is 2. The van der Waals surface area contributed by atoms with E-state index in [9.17, 15) is 9.59 Å². The van der Waals surface area contributed by atoms with Crippen LogP contribution in [-0.2, 0) is 4.79 Å². The van der Waals surface area contributed by atoms with Gasteiger partial charge >= 0.3 is 0 Å². The Morgan fingerprint density at radius 3 is 2.74 bits per heavy atom. The van der Waals surface area contributed by atoms with Crippen LogP contribution in [0, 0.1) is 13.8 Å². The van der Waals surface area contributed by atoms with E-state index in [4.69, 9.17) is 26.3 Å². The largest absolute Gasteiger partial charge is 0.489 e. The highest BCUT2D eigenvalue weighted by Gasteiger charge is 2.41. The molecular weight excluding hydrogens is 566 g/mol. The molecule has 6 rings (SSSR count). The first-order chi connectivity index (χ1) is 20.6. The van der Waals surface area contributed by atoms with Crippen LogP contribution in [0.1, 0.15) is 46.9 Å². The van der Waals surface area contributed by atoms with E-state index < -0.39 is 0 Å². The number of amides is 2. The number of aromatic amines is 1. The van der Waals surface area contributed by atoms with Gasteiger partial charge in [-0.05, 0) is 49.1 Å². The molecule has 4 aromatic rings. The Morgan fingerprint density at radius 1 is 1.21 bits per heavy atom. The van der Waals surface area contributed by atoms with Crippen LogP contribution in [0.2, 0.25) is 5.02 Å². The first kappa shape index (κ1) is 28.7. The molecule has 1 atom stereocenters. The SMILES string of the molecule is C=CC(=O)N1CCN2C(=O)c3c(N(C)c4c(C)ccnc4C(C)C)nc(-c4c(C)ccc5[nH]ncc45)c(Cl)c3OC[C@H]2C1. The van der Waals surface area contributed by atoms with Gasteiger partial charge in [0.1, 0.15) is 23.0 Å². The maximum Gasteiger partial charge on any atom is 0.261 e. The minimum absolute atomic E-state index is 0.122. The Hall–Kier alpha value is -4.44. The summed E-state index contributed by atoms with van der Waals surface area (Å²) in [5, 5.41) is 8.39. The van der Waals surface area contributed by atoms with Crippen LogP contribution in [0.3, 0.4) is 0 Å². The molecule has 0 aliphatic carbocycles. The lowest BCUT2D eigenvalue weighted by Crippen LogP contribution is -2.57. The van der Waals surface area contributed by atoms with E-state index in [0.717, 1.165) is 39.0 Å². The number of benzene rings is 1. The Morgan fingerprint density at radius 2 is 2.00 bits per heavy atom. The van der Waals surface area contributed by atoms with E-state index in [1.165, 1.54) is 6.08 Å². The second-order valence-electron chi connectivity index (χ2n) is 11.4. The summed E-state index contributed by atoms with van der Waals surface area (Å²) in [6, 6.07) is 5.55. The molecule has 0 spiro atoms. The van der Waals surface area contributed by atoms with Gasteiger partial charge in [-0.15, -0.1) is 0 Å². The van der Waals surface area contributed by atoms with Crippen LogP contribution in [-0.4, -0.2) is 81.1 Å². The molecule has 2 amide bonds. The van der Waals surface area contributed by atoms with E-state index in [1.54, 1.807) is 22.2 Å². The molecule has 0 radical (unpaired) electrons. The quantitative estimate of drug-likeness (QED) is 0.306. The molecule has 222 valence electrons. The molecule has 0 unspecified atom stereocenters. The summed E-state index contributed by atoms with van der Waals surface area (Å²) < 4.78 is 6.45. The maximum atomic E-state index is 14.5. The Kier molecular flexibility index (Phi) is 7.33. The average molecular weight is 600 g/mol. The zero-order valence-electron chi connectivity index (χ0n) is 24.9. The number of hydrogen-bond acceptors (Lipinski definition) is 7. The topological polar surface area (TPSA) is 108 Å². The van der Waals surface area contributed by atoms with E-state index in [-0.39, 0.29) is 46.7 Å². The molecule has 1 aromatic carbocycles. The van der Waals surface area contributed by atoms with Gasteiger partial charge in [-0.25, -0.2) is 4.98 Å². The summed E-state index contributed by atoms with van der Waals surface area (Å²) in [7, 11) is 1.90. The van der Waals surface area contributed by atoms with Gasteiger partial charge in [-0.3, -0.25) is 19.7 Å². The smallest absolute Gasteiger partial charge is 0.261 e. The average Bonchev–Trinajstić information content (AvgIpc) is 3.42. The molecule has 1 fully saturated rings. The molecular formula is C32H34ClN7O3. The van der Waals surface area contributed by atoms with Crippen LogP contribution < -0.4 is 9.64 Å². The van der Waals surface area contributed by atoms with Crippen molar-refractivity contribution in [3.05, 3.63) is 70.7 Å². The number of carbonyl (C=O) groups excluding carboxylic acids is 2. The van der Waals surface area contributed by atoms with Gasteiger partial charge in [-0.2, -0.15) is 5.10 Å². The number of rotatable bonds is 5. The van der Waals surface area contributed by atoms with E-state index in [0.29, 0.717) is 31.1 Å². The highest BCUT2D eigenvalue weighted by molar-refractivity contribution is 6.36. The summed E-state index contributed by atoms with van der Waals surface area (Å²) in [6.45, 7) is 13.1. The highest BCUT2D eigenvalue weighted by atomic mass is 35.5. The minimum Gasteiger partial charge on any atom is -0.489 e. The molecule has 0 saturated carbocycles. The lowest BCUT2D eigenvalue weighted by atomic mass is 9.99. The molecule has 5 heterocycles. The lowest BCUT2D eigenvalue weighted by molar-refractivity contribution is -0.128. The van der Waals surface area contributed by atoms with Crippen molar-refractivity contribution >= 4 is 45.8 Å². The predicted molar refractivity (Wildman–Crippen MR) is 167 cm³/mol. The molecule has 2 aliphatic heterocycles. The van der Waals surface area contributed by atoms with Crippen LogP contribution >= 0.6 is 11.6 Å². The molecule has 1 saturated heterocycles. The Bertz CT molecular complexity index is 1780. The number of fused-ring (bicyclic) bond motifs is 3. The summed E-state index contributed by atoms with van der Waals surface area (Å²) in [5.41, 5.74) is 6.14.